The van der Waals surface area contributed by atoms with Gasteiger partial charge >= 0.3 is 0 Å². The molecule has 0 fully saturated rings. The zero-order valence-electron chi connectivity index (χ0n) is 13.0. The van der Waals surface area contributed by atoms with E-state index in [1.807, 2.05) is 43.7 Å². The average molecular weight is 365 g/mol. The number of rotatable bonds is 4. The Hall–Kier alpha value is -1.08. The van der Waals surface area contributed by atoms with Crippen LogP contribution in [0, 0.1) is 13.8 Å². The van der Waals surface area contributed by atoms with E-state index in [1.54, 1.807) is 17.5 Å². The van der Waals surface area contributed by atoms with Crippen molar-refractivity contribution in [3.05, 3.63) is 34.6 Å². The topological polar surface area (TPSA) is 72.9 Å². The molecule has 0 saturated carbocycles. The first kappa shape index (κ1) is 20.9. The number of hydrogen-bond donors (Lipinski definition) is 2. The molecule has 2 aromatic rings. The molecule has 2 aromatic heterocycles. The van der Waals surface area contributed by atoms with Crippen molar-refractivity contribution in [2.45, 2.75) is 33.2 Å². The number of carbonyl (C=O) groups is 1. The van der Waals surface area contributed by atoms with Gasteiger partial charge in [-0.05, 0) is 33.8 Å². The molecule has 0 saturated heterocycles. The summed E-state index contributed by atoms with van der Waals surface area (Å²) in [6.07, 6.45) is 1.76. The summed E-state index contributed by atoms with van der Waals surface area (Å²) in [5.41, 5.74) is 7.79. The number of halogens is 2. The molecule has 0 aliphatic carbocycles. The minimum Gasteiger partial charge on any atom is -0.346 e. The van der Waals surface area contributed by atoms with Gasteiger partial charge in [0.05, 0.1) is 5.56 Å². The summed E-state index contributed by atoms with van der Waals surface area (Å²) in [4.78, 5) is 16.7. The number of carbonyl (C=O) groups excluding carboxylic acids is 1. The highest BCUT2D eigenvalue weighted by Gasteiger charge is 2.23. The van der Waals surface area contributed by atoms with Crippen molar-refractivity contribution in [2.24, 2.45) is 5.73 Å². The summed E-state index contributed by atoms with van der Waals surface area (Å²) in [7, 11) is 0. The van der Waals surface area contributed by atoms with Gasteiger partial charge in [-0.25, -0.2) is 4.98 Å². The van der Waals surface area contributed by atoms with Gasteiger partial charge in [-0.15, -0.1) is 36.2 Å². The third kappa shape index (κ3) is 4.23. The Labute approximate surface area is 147 Å². The molecule has 3 N–H and O–H groups in total. The van der Waals surface area contributed by atoms with Crippen LogP contribution in [0.4, 0.5) is 0 Å². The van der Waals surface area contributed by atoms with Gasteiger partial charge in [0.15, 0.2) is 5.13 Å². The predicted octanol–water partition coefficient (Wildman–Crippen LogP) is 2.86. The van der Waals surface area contributed by atoms with Gasteiger partial charge in [-0.3, -0.25) is 9.36 Å². The van der Waals surface area contributed by atoms with E-state index >= 15 is 0 Å². The van der Waals surface area contributed by atoms with Crippen LogP contribution in [0.15, 0.2) is 17.6 Å². The Balaban J connectivity index is 0.00000220. The highest BCUT2D eigenvalue weighted by atomic mass is 35.5. The van der Waals surface area contributed by atoms with E-state index in [1.165, 1.54) is 0 Å². The number of thiazole rings is 1. The zero-order chi connectivity index (χ0) is 14.9. The molecule has 124 valence electrons. The van der Waals surface area contributed by atoms with E-state index < -0.39 is 5.54 Å². The number of nitrogens with one attached hydrogen (secondary N) is 1. The molecule has 0 aliphatic heterocycles. The highest BCUT2D eigenvalue weighted by molar-refractivity contribution is 7.12. The SMILES string of the molecule is Cc1cc(C(=O)NC(C)(C)CN)c(C)n1-c1nccs1.Cl.Cl. The Morgan fingerprint density at radius 2 is 2.05 bits per heavy atom. The number of nitrogens with two attached hydrogens (primary N) is 1. The molecular formula is C14H22Cl2N4OS. The van der Waals surface area contributed by atoms with Gasteiger partial charge in [0.1, 0.15) is 0 Å². The molecule has 22 heavy (non-hydrogen) atoms. The van der Waals surface area contributed by atoms with Crippen molar-refractivity contribution < 1.29 is 4.79 Å². The molecule has 0 radical (unpaired) electrons. The molecule has 2 rings (SSSR count). The first-order valence-electron chi connectivity index (χ1n) is 6.47. The quantitative estimate of drug-likeness (QED) is 0.875. The third-order valence-electron chi connectivity index (χ3n) is 3.25. The molecule has 1 amide bonds. The average Bonchev–Trinajstić information content (AvgIpc) is 2.97. The number of amides is 1. The molecule has 0 aliphatic rings. The van der Waals surface area contributed by atoms with Gasteiger partial charge in [-0.1, -0.05) is 0 Å². The van der Waals surface area contributed by atoms with Crippen LogP contribution in [0.25, 0.3) is 5.13 Å². The minimum atomic E-state index is -0.416. The molecule has 2 heterocycles. The second-order valence-corrected chi connectivity index (χ2v) is 6.35. The summed E-state index contributed by atoms with van der Waals surface area (Å²) in [5.74, 6) is -0.101. The minimum absolute atomic E-state index is 0. The van der Waals surface area contributed by atoms with Crippen LogP contribution in [0.5, 0.6) is 0 Å². The highest BCUT2D eigenvalue weighted by Crippen LogP contribution is 2.22. The summed E-state index contributed by atoms with van der Waals surface area (Å²) >= 11 is 1.55. The number of nitrogens with zero attached hydrogens (tertiary/aromatic N) is 2. The van der Waals surface area contributed by atoms with E-state index in [9.17, 15) is 4.79 Å². The van der Waals surface area contributed by atoms with Gasteiger partial charge in [0, 0.05) is 35.0 Å². The lowest BCUT2D eigenvalue weighted by atomic mass is 10.1. The van der Waals surface area contributed by atoms with Crippen molar-refractivity contribution in [3.8, 4) is 5.13 Å². The zero-order valence-corrected chi connectivity index (χ0v) is 15.5. The van der Waals surface area contributed by atoms with E-state index in [2.05, 4.69) is 10.3 Å². The molecule has 8 heteroatoms. The maximum absolute atomic E-state index is 12.4. The van der Waals surface area contributed by atoms with Crippen molar-refractivity contribution >= 4 is 42.1 Å². The van der Waals surface area contributed by atoms with E-state index in [-0.39, 0.29) is 30.7 Å². The second-order valence-electron chi connectivity index (χ2n) is 5.48. The normalized spacial score (nSPS) is 10.6. The van der Waals surface area contributed by atoms with Crippen LogP contribution in [0.1, 0.15) is 35.6 Å². The predicted molar refractivity (Wildman–Crippen MR) is 96.0 cm³/mol. The monoisotopic (exact) mass is 364 g/mol. The lowest BCUT2D eigenvalue weighted by molar-refractivity contribution is 0.0915. The van der Waals surface area contributed by atoms with Crippen LogP contribution in [-0.2, 0) is 0 Å². The van der Waals surface area contributed by atoms with Crippen LogP contribution >= 0.6 is 36.2 Å². The second kappa shape index (κ2) is 7.97. The van der Waals surface area contributed by atoms with Crippen molar-refractivity contribution in [1.29, 1.82) is 0 Å². The fraction of sp³-hybridized carbons (Fsp3) is 0.429. The maximum atomic E-state index is 12.4. The third-order valence-corrected chi connectivity index (χ3v) is 4.01. The van der Waals surface area contributed by atoms with Crippen LogP contribution in [0.2, 0.25) is 0 Å². The van der Waals surface area contributed by atoms with Crippen molar-refractivity contribution in [3.63, 3.8) is 0 Å². The molecular weight excluding hydrogens is 343 g/mol. The molecule has 0 spiro atoms. The fourth-order valence-corrected chi connectivity index (χ4v) is 2.79. The van der Waals surface area contributed by atoms with Gasteiger partial charge < -0.3 is 11.1 Å². The van der Waals surface area contributed by atoms with Crippen LogP contribution in [0.3, 0.4) is 0 Å². The Morgan fingerprint density at radius 1 is 1.41 bits per heavy atom. The molecule has 0 aromatic carbocycles. The summed E-state index contributed by atoms with van der Waals surface area (Å²) in [5, 5.41) is 5.75. The molecule has 5 nitrogen and oxygen atoms in total. The first-order valence-corrected chi connectivity index (χ1v) is 7.35. The Kier molecular flexibility index (Phi) is 7.57. The van der Waals surface area contributed by atoms with E-state index in [0.717, 1.165) is 16.5 Å². The Morgan fingerprint density at radius 3 is 2.55 bits per heavy atom. The molecule has 0 atom stereocenters. The number of hydrogen-bond acceptors (Lipinski definition) is 4. The summed E-state index contributed by atoms with van der Waals surface area (Å²) in [6, 6.07) is 1.89. The van der Waals surface area contributed by atoms with Gasteiger partial charge in [0.25, 0.3) is 5.91 Å². The first-order chi connectivity index (χ1) is 9.35. The number of aryl methyl sites for hydroxylation is 1. The lowest BCUT2D eigenvalue weighted by Gasteiger charge is -2.24. The largest absolute Gasteiger partial charge is 0.346 e. The number of aromatic nitrogens is 2. The molecule has 0 bridgehead atoms. The van der Waals surface area contributed by atoms with Crippen LogP contribution in [-0.4, -0.2) is 27.5 Å². The summed E-state index contributed by atoms with van der Waals surface area (Å²) < 4.78 is 2.00. The van der Waals surface area contributed by atoms with Crippen LogP contribution < -0.4 is 11.1 Å². The van der Waals surface area contributed by atoms with E-state index in [4.69, 9.17) is 5.73 Å². The standard InChI is InChI=1S/C14H20N4OS.2ClH/c1-9-7-11(12(19)17-14(3,4)8-15)10(2)18(9)13-16-5-6-20-13;;/h5-7H,8,15H2,1-4H3,(H,17,19);2*1H. The van der Waals surface area contributed by atoms with Gasteiger partial charge in [-0.2, -0.15) is 0 Å². The van der Waals surface area contributed by atoms with Crippen molar-refractivity contribution in [1.82, 2.24) is 14.9 Å². The fourth-order valence-electron chi connectivity index (χ4n) is 2.04. The maximum Gasteiger partial charge on any atom is 0.253 e. The van der Waals surface area contributed by atoms with Gasteiger partial charge in [0.2, 0.25) is 0 Å². The Bertz CT molecular complexity index is 623. The van der Waals surface area contributed by atoms with Crippen molar-refractivity contribution in [2.75, 3.05) is 6.54 Å². The molecule has 0 unspecified atom stereocenters. The summed E-state index contributed by atoms with van der Waals surface area (Å²) in [6.45, 7) is 8.11. The van der Waals surface area contributed by atoms with E-state index in [0.29, 0.717) is 12.1 Å². The lowest BCUT2D eigenvalue weighted by Crippen LogP contribution is -2.48. The smallest absolute Gasteiger partial charge is 0.253 e.